The molecule has 3 N–H and O–H groups in total. The minimum Gasteiger partial charge on any atom is -0.483 e. The molecule has 144 valence electrons. The number of hydrogen-bond acceptors (Lipinski definition) is 7. The monoisotopic (exact) mass is 374 g/mol. The largest absolute Gasteiger partial charge is 0.483 e. The van der Waals surface area contributed by atoms with Crippen molar-refractivity contribution in [3.05, 3.63) is 36.4 Å². The van der Waals surface area contributed by atoms with Crippen LogP contribution in [0.15, 0.2) is 36.4 Å². The fourth-order valence-corrected chi connectivity index (χ4v) is 3.22. The van der Waals surface area contributed by atoms with Crippen LogP contribution in [-0.4, -0.2) is 59.4 Å². The quantitative estimate of drug-likeness (QED) is 0.691. The first-order valence-electron chi connectivity index (χ1n) is 8.65. The Balaban J connectivity index is 0.000000659. The van der Waals surface area contributed by atoms with Gasteiger partial charge in [0.25, 0.3) is 6.47 Å². The van der Waals surface area contributed by atoms with Gasteiger partial charge in [-0.2, -0.15) is 0 Å². The molecular formula is C19H22N2O6. The molecule has 0 unspecified atom stereocenters. The van der Waals surface area contributed by atoms with Crippen molar-refractivity contribution in [2.45, 2.75) is 12.5 Å². The summed E-state index contributed by atoms with van der Waals surface area (Å²) < 4.78 is 10.8. The Kier molecular flexibility index (Phi) is 6.10. The number of nitrogens with zero attached hydrogens (tertiary/aromatic N) is 2. The number of carbonyl (C=O) groups is 1. The molecule has 0 spiro atoms. The number of anilines is 1. The molecule has 1 fully saturated rings. The molecule has 4 rings (SSSR count). The Labute approximate surface area is 156 Å². The number of hydrogen-bond donors (Lipinski definition) is 3. The van der Waals surface area contributed by atoms with E-state index in [0.29, 0.717) is 6.54 Å². The second-order valence-electron chi connectivity index (χ2n) is 6.30. The van der Waals surface area contributed by atoms with E-state index in [1.54, 1.807) is 0 Å². The number of benzene rings is 1. The summed E-state index contributed by atoms with van der Waals surface area (Å²) in [6, 6.07) is 11.7. The SMILES string of the molecule is O=CO.OC[C@H]1CCN(c2cccc(-c3ccc4c(c3)OCO4)n2)C[C@H]1O. The Morgan fingerprint density at radius 3 is 2.74 bits per heavy atom. The van der Waals surface area contributed by atoms with Crippen molar-refractivity contribution in [2.75, 3.05) is 31.4 Å². The molecule has 0 radical (unpaired) electrons. The van der Waals surface area contributed by atoms with E-state index in [1.807, 2.05) is 36.4 Å². The Morgan fingerprint density at radius 2 is 2.00 bits per heavy atom. The predicted molar refractivity (Wildman–Crippen MR) is 97.9 cm³/mol. The number of aromatic nitrogens is 1. The van der Waals surface area contributed by atoms with Gasteiger partial charge in [-0.25, -0.2) is 4.98 Å². The van der Waals surface area contributed by atoms with Gasteiger partial charge in [-0.1, -0.05) is 6.07 Å². The predicted octanol–water partition coefficient (Wildman–Crippen LogP) is 1.36. The van der Waals surface area contributed by atoms with Gasteiger partial charge in [0.05, 0.1) is 11.8 Å². The lowest BCUT2D eigenvalue weighted by molar-refractivity contribution is -0.122. The first-order valence-corrected chi connectivity index (χ1v) is 8.65. The topological polar surface area (TPSA) is 112 Å². The van der Waals surface area contributed by atoms with Crippen molar-refractivity contribution < 1.29 is 29.6 Å². The number of fused-ring (bicyclic) bond motifs is 1. The number of pyridine rings is 1. The van der Waals surface area contributed by atoms with E-state index in [9.17, 15) is 10.2 Å². The molecule has 1 aromatic carbocycles. The van der Waals surface area contributed by atoms with Crippen LogP contribution < -0.4 is 14.4 Å². The van der Waals surface area contributed by atoms with Crippen LogP contribution in [0.3, 0.4) is 0 Å². The third kappa shape index (κ3) is 4.29. The van der Waals surface area contributed by atoms with Crippen molar-refractivity contribution >= 4 is 12.3 Å². The molecule has 3 heterocycles. The van der Waals surface area contributed by atoms with Gasteiger partial charge in [-0.3, -0.25) is 4.79 Å². The molecular weight excluding hydrogens is 352 g/mol. The molecule has 0 aliphatic carbocycles. The maximum atomic E-state index is 10.1. The summed E-state index contributed by atoms with van der Waals surface area (Å²) in [4.78, 5) is 15.2. The van der Waals surface area contributed by atoms with Crippen LogP contribution in [0, 0.1) is 5.92 Å². The number of β-amino-alcohol motifs (C(OH)–C–C–N with tert-alkyl or cyclic N) is 1. The van der Waals surface area contributed by atoms with E-state index in [-0.39, 0.29) is 25.8 Å². The lowest BCUT2D eigenvalue weighted by Crippen LogP contribution is -2.45. The third-order valence-corrected chi connectivity index (χ3v) is 4.68. The average molecular weight is 374 g/mol. The number of piperidine rings is 1. The fourth-order valence-electron chi connectivity index (χ4n) is 3.22. The van der Waals surface area contributed by atoms with Crippen LogP contribution >= 0.6 is 0 Å². The van der Waals surface area contributed by atoms with Gasteiger partial charge in [-0.05, 0) is 36.8 Å². The lowest BCUT2D eigenvalue weighted by atomic mass is 9.95. The zero-order valence-corrected chi connectivity index (χ0v) is 14.7. The summed E-state index contributed by atoms with van der Waals surface area (Å²) in [5, 5.41) is 26.3. The van der Waals surface area contributed by atoms with Crippen LogP contribution in [0.25, 0.3) is 11.3 Å². The molecule has 2 atom stereocenters. The first kappa shape index (κ1) is 18.9. The van der Waals surface area contributed by atoms with Crippen molar-refractivity contribution in [3.8, 4) is 22.8 Å². The standard InChI is InChI=1S/C18H20N2O4.CH2O2/c21-10-13-6-7-20(9-15(13)22)18-3-1-2-14(19-18)12-4-5-16-17(8-12)24-11-23-16;2-1-3/h1-5,8,13,15,21-22H,6-7,9-11H2;1H,(H,2,3)/t13-,15-;/m1./s1. The van der Waals surface area contributed by atoms with Crippen molar-refractivity contribution in [3.63, 3.8) is 0 Å². The molecule has 27 heavy (non-hydrogen) atoms. The Bertz CT molecular complexity index is 785. The van der Waals surface area contributed by atoms with Crippen LogP contribution in [0.1, 0.15) is 6.42 Å². The molecule has 0 amide bonds. The van der Waals surface area contributed by atoms with E-state index >= 15 is 0 Å². The van der Waals surface area contributed by atoms with Crippen LogP contribution in [0.4, 0.5) is 5.82 Å². The van der Waals surface area contributed by atoms with E-state index in [0.717, 1.165) is 41.5 Å². The minimum absolute atomic E-state index is 0.0275. The summed E-state index contributed by atoms with van der Waals surface area (Å²) in [6.07, 6.45) is 0.230. The zero-order valence-electron chi connectivity index (χ0n) is 14.7. The van der Waals surface area contributed by atoms with E-state index in [4.69, 9.17) is 24.4 Å². The Morgan fingerprint density at radius 1 is 1.22 bits per heavy atom. The van der Waals surface area contributed by atoms with Gasteiger partial charge < -0.3 is 29.7 Å². The van der Waals surface area contributed by atoms with Gasteiger partial charge >= 0.3 is 0 Å². The third-order valence-electron chi connectivity index (χ3n) is 4.68. The number of aliphatic hydroxyl groups is 2. The summed E-state index contributed by atoms with van der Waals surface area (Å²) in [6.45, 7) is 1.30. The second-order valence-corrected chi connectivity index (χ2v) is 6.30. The van der Waals surface area contributed by atoms with Crippen molar-refractivity contribution in [2.24, 2.45) is 5.92 Å². The van der Waals surface area contributed by atoms with Crippen molar-refractivity contribution in [1.29, 1.82) is 0 Å². The normalized spacial score (nSPS) is 20.6. The zero-order chi connectivity index (χ0) is 19.2. The van der Waals surface area contributed by atoms with Crippen LogP contribution in [0.5, 0.6) is 11.5 Å². The number of carboxylic acid groups (broad SMARTS) is 1. The van der Waals surface area contributed by atoms with Gasteiger partial charge in [0.2, 0.25) is 6.79 Å². The minimum atomic E-state index is -0.528. The highest BCUT2D eigenvalue weighted by molar-refractivity contribution is 5.66. The van der Waals surface area contributed by atoms with Crippen LogP contribution in [-0.2, 0) is 4.79 Å². The van der Waals surface area contributed by atoms with E-state index in [1.165, 1.54) is 0 Å². The van der Waals surface area contributed by atoms with E-state index < -0.39 is 6.10 Å². The lowest BCUT2D eigenvalue weighted by Gasteiger charge is -2.35. The highest BCUT2D eigenvalue weighted by atomic mass is 16.7. The fraction of sp³-hybridized carbons (Fsp3) is 0.368. The highest BCUT2D eigenvalue weighted by Crippen LogP contribution is 2.35. The summed E-state index contributed by atoms with van der Waals surface area (Å²) in [7, 11) is 0. The molecule has 2 aromatic rings. The molecule has 8 nitrogen and oxygen atoms in total. The van der Waals surface area contributed by atoms with Gasteiger partial charge in [0, 0.05) is 31.2 Å². The van der Waals surface area contributed by atoms with Gasteiger partial charge in [0.15, 0.2) is 11.5 Å². The van der Waals surface area contributed by atoms with E-state index in [2.05, 4.69) is 4.90 Å². The number of aliphatic hydroxyl groups excluding tert-OH is 2. The molecule has 1 saturated heterocycles. The molecule has 1 aromatic heterocycles. The maximum Gasteiger partial charge on any atom is 0.290 e. The maximum absolute atomic E-state index is 10.1. The number of rotatable bonds is 3. The van der Waals surface area contributed by atoms with Crippen LogP contribution in [0.2, 0.25) is 0 Å². The number of ether oxygens (including phenoxy) is 2. The average Bonchev–Trinajstić information content (AvgIpc) is 3.16. The smallest absolute Gasteiger partial charge is 0.290 e. The highest BCUT2D eigenvalue weighted by Gasteiger charge is 2.27. The molecule has 8 heteroatoms. The summed E-state index contributed by atoms with van der Waals surface area (Å²) in [5.74, 6) is 2.28. The summed E-state index contributed by atoms with van der Waals surface area (Å²) >= 11 is 0. The van der Waals surface area contributed by atoms with Gasteiger partial charge in [0.1, 0.15) is 5.82 Å². The van der Waals surface area contributed by atoms with Crippen molar-refractivity contribution in [1.82, 2.24) is 4.98 Å². The Hall–Kier alpha value is -2.84. The van der Waals surface area contributed by atoms with Gasteiger partial charge in [-0.15, -0.1) is 0 Å². The summed E-state index contributed by atoms with van der Waals surface area (Å²) in [5.41, 5.74) is 1.82. The molecule has 2 aliphatic heterocycles. The molecule has 2 aliphatic rings. The second kappa shape index (κ2) is 8.70. The molecule has 0 bridgehead atoms. The molecule has 0 saturated carbocycles. The first-order chi connectivity index (χ1) is 13.2.